The first kappa shape index (κ1) is 17.2. The van der Waals surface area contributed by atoms with Crippen LogP contribution in [0, 0.1) is 0 Å². The van der Waals surface area contributed by atoms with Gasteiger partial charge in [-0.1, -0.05) is 13.3 Å². The fourth-order valence-electron chi connectivity index (χ4n) is 1.06. The maximum absolute atomic E-state index is 10.7. The minimum absolute atomic E-state index is 0. The highest BCUT2D eigenvalue weighted by Gasteiger charge is 2.20. The molecule has 0 saturated carbocycles. The zero-order chi connectivity index (χ0) is 13.8. The number of anilines is 2. The summed E-state index contributed by atoms with van der Waals surface area (Å²) in [5.41, 5.74) is 10.8. The number of nitrogens with zero attached hydrogens (tertiary/aromatic N) is 2. The predicted molar refractivity (Wildman–Crippen MR) is 67.1 cm³/mol. The second-order valence-corrected chi connectivity index (χ2v) is 4.34. The van der Waals surface area contributed by atoms with Gasteiger partial charge in [-0.15, -0.1) is 0 Å². The van der Waals surface area contributed by atoms with Crippen LogP contribution >= 0.6 is 0 Å². The van der Waals surface area contributed by atoms with Crippen molar-refractivity contribution < 1.29 is 27.4 Å². The van der Waals surface area contributed by atoms with Crippen molar-refractivity contribution in [3.05, 3.63) is 0 Å². The molecule has 0 aliphatic carbocycles. The molecule has 0 aliphatic rings. The molecule has 11 heteroatoms. The van der Waals surface area contributed by atoms with Crippen LogP contribution in [0.1, 0.15) is 19.8 Å². The monoisotopic (exact) mass is 296 g/mol. The van der Waals surface area contributed by atoms with E-state index in [0.717, 1.165) is 12.8 Å². The van der Waals surface area contributed by atoms with Gasteiger partial charge in [-0.05, 0) is 6.42 Å². The molecule has 0 radical (unpaired) electrons. The molecule has 0 amide bonds. The molecule has 1 rings (SSSR count). The van der Waals surface area contributed by atoms with E-state index >= 15 is 0 Å². The van der Waals surface area contributed by atoms with Crippen LogP contribution in [0.2, 0.25) is 0 Å². The molecule has 1 heterocycles. The van der Waals surface area contributed by atoms with Crippen molar-refractivity contribution in [2.45, 2.75) is 19.8 Å². The molecular formula is C8H16N4O6S. The standard InChI is InChI=1S/C8H14N4O5S.H2O/c1-2-3-4-16-7-5(17-18(13,14)15)6(9)11-8(10)12-7;/h2-4H2,1H3,(H,13,14,15)(H4,9,10,11,12);1H2. The SMILES string of the molecule is CCCCOc1nc(N)nc(N)c1OS(=O)(=O)O.O. The number of hydrogen-bond acceptors (Lipinski definition) is 8. The Morgan fingerprint density at radius 1 is 1.32 bits per heavy atom. The number of nitrogens with two attached hydrogens (primary N) is 2. The van der Waals surface area contributed by atoms with Crippen LogP contribution in [-0.2, 0) is 10.4 Å². The van der Waals surface area contributed by atoms with Crippen molar-refractivity contribution >= 4 is 22.2 Å². The summed E-state index contributed by atoms with van der Waals surface area (Å²) in [5.74, 6) is -1.25. The third kappa shape index (κ3) is 5.54. The first-order chi connectivity index (χ1) is 8.33. The Balaban J connectivity index is 0.00000324. The minimum Gasteiger partial charge on any atom is -0.475 e. The first-order valence-electron chi connectivity index (χ1n) is 5.06. The maximum atomic E-state index is 10.7. The second-order valence-electron chi connectivity index (χ2n) is 3.31. The van der Waals surface area contributed by atoms with Crippen LogP contribution < -0.4 is 20.4 Å². The Morgan fingerprint density at radius 2 is 1.95 bits per heavy atom. The van der Waals surface area contributed by atoms with Crippen LogP contribution in [0.25, 0.3) is 0 Å². The lowest BCUT2D eigenvalue weighted by Crippen LogP contribution is -2.13. The lowest BCUT2D eigenvalue weighted by molar-refractivity contribution is 0.284. The van der Waals surface area contributed by atoms with Gasteiger partial charge in [0.25, 0.3) is 5.88 Å². The van der Waals surface area contributed by atoms with E-state index in [2.05, 4.69) is 14.2 Å². The van der Waals surface area contributed by atoms with E-state index in [1.807, 2.05) is 6.92 Å². The van der Waals surface area contributed by atoms with E-state index in [1.54, 1.807) is 0 Å². The third-order valence-electron chi connectivity index (χ3n) is 1.80. The topological polar surface area (TPSA) is 182 Å². The van der Waals surface area contributed by atoms with Crippen molar-refractivity contribution in [3.63, 3.8) is 0 Å². The van der Waals surface area contributed by atoms with Gasteiger partial charge >= 0.3 is 10.4 Å². The van der Waals surface area contributed by atoms with E-state index < -0.39 is 16.1 Å². The molecule has 110 valence electrons. The normalized spacial score (nSPS) is 10.6. The van der Waals surface area contributed by atoms with Crippen molar-refractivity contribution in [2.75, 3.05) is 18.1 Å². The van der Waals surface area contributed by atoms with Crippen molar-refractivity contribution in [3.8, 4) is 11.6 Å². The van der Waals surface area contributed by atoms with Gasteiger partial charge in [0.15, 0.2) is 5.82 Å². The summed E-state index contributed by atoms with van der Waals surface area (Å²) < 4.78 is 39.3. The van der Waals surface area contributed by atoms with E-state index in [-0.39, 0.29) is 29.7 Å². The first-order valence-corrected chi connectivity index (χ1v) is 6.42. The summed E-state index contributed by atoms with van der Waals surface area (Å²) in [5, 5.41) is 0. The highest BCUT2D eigenvalue weighted by molar-refractivity contribution is 7.81. The Bertz CT molecular complexity index is 520. The van der Waals surface area contributed by atoms with Crippen molar-refractivity contribution in [1.29, 1.82) is 0 Å². The summed E-state index contributed by atoms with van der Waals surface area (Å²) in [6.45, 7) is 2.22. The van der Waals surface area contributed by atoms with Gasteiger partial charge in [0, 0.05) is 0 Å². The Morgan fingerprint density at radius 3 is 2.47 bits per heavy atom. The molecule has 0 unspecified atom stereocenters. The van der Waals surface area contributed by atoms with Gasteiger partial charge in [0.05, 0.1) is 6.61 Å². The minimum atomic E-state index is -4.75. The van der Waals surface area contributed by atoms with E-state index in [0.29, 0.717) is 0 Å². The number of rotatable bonds is 6. The van der Waals surface area contributed by atoms with Gasteiger partial charge in [0.1, 0.15) is 0 Å². The van der Waals surface area contributed by atoms with Crippen molar-refractivity contribution in [2.24, 2.45) is 0 Å². The zero-order valence-electron chi connectivity index (χ0n) is 10.2. The molecule has 0 aliphatic heterocycles. The molecule has 0 aromatic carbocycles. The third-order valence-corrected chi connectivity index (χ3v) is 2.18. The molecule has 10 nitrogen and oxygen atoms in total. The zero-order valence-corrected chi connectivity index (χ0v) is 11.0. The van der Waals surface area contributed by atoms with Crippen LogP contribution in [-0.4, -0.2) is 35.0 Å². The van der Waals surface area contributed by atoms with Crippen LogP contribution in [0.4, 0.5) is 11.8 Å². The fraction of sp³-hybridized carbons (Fsp3) is 0.500. The molecule has 0 saturated heterocycles. The smallest absolute Gasteiger partial charge is 0.446 e. The average molecular weight is 296 g/mol. The molecule has 0 bridgehead atoms. The van der Waals surface area contributed by atoms with E-state index in [4.69, 9.17) is 20.8 Å². The molecule has 19 heavy (non-hydrogen) atoms. The lowest BCUT2D eigenvalue weighted by atomic mass is 10.4. The number of aromatic nitrogens is 2. The van der Waals surface area contributed by atoms with Crippen molar-refractivity contribution in [1.82, 2.24) is 9.97 Å². The lowest BCUT2D eigenvalue weighted by Gasteiger charge is -2.11. The molecule has 0 atom stereocenters. The summed E-state index contributed by atoms with van der Waals surface area (Å²) in [4.78, 5) is 7.16. The van der Waals surface area contributed by atoms with Crippen LogP contribution in [0.5, 0.6) is 11.6 Å². The number of ether oxygens (including phenoxy) is 1. The largest absolute Gasteiger partial charge is 0.475 e. The number of hydrogen-bond donors (Lipinski definition) is 3. The number of nitrogen functional groups attached to an aromatic ring is 2. The van der Waals surface area contributed by atoms with E-state index in [1.165, 1.54) is 0 Å². The highest BCUT2D eigenvalue weighted by atomic mass is 32.3. The molecule has 1 aromatic heterocycles. The van der Waals surface area contributed by atoms with Crippen LogP contribution in [0.15, 0.2) is 0 Å². The molecule has 1 aromatic rings. The van der Waals surface area contributed by atoms with Gasteiger partial charge in [-0.3, -0.25) is 4.55 Å². The predicted octanol–water partition coefficient (Wildman–Crippen LogP) is -0.823. The quantitative estimate of drug-likeness (QED) is 0.445. The molecule has 0 spiro atoms. The van der Waals surface area contributed by atoms with Gasteiger partial charge < -0.3 is 25.9 Å². The Hall–Kier alpha value is -1.85. The van der Waals surface area contributed by atoms with Gasteiger partial charge in [-0.2, -0.15) is 18.4 Å². The highest BCUT2D eigenvalue weighted by Crippen LogP contribution is 2.32. The maximum Gasteiger partial charge on any atom is 0.446 e. The second kappa shape index (κ2) is 6.92. The molecule has 7 N–H and O–H groups in total. The molecule has 0 fully saturated rings. The summed E-state index contributed by atoms with van der Waals surface area (Å²) in [6, 6.07) is 0. The van der Waals surface area contributed by atoms with Gasteiger partial charge in [-0.25, -0.2) is 0 Å². The number of unbranched alkanes of at least 4 members (excludes halogenated alkanes) is 1. The van der Waals surface area contributed by atoms with Crippen LogP contribution in [0.3, 0.4) is 0 Å². The summed E-state index contributed by atoms with van der Waals surface area (Å²) >= 11 is 0. The summed E-state index contributed by atoms with van der Waals surface area (Å²) in [7, 11) is -4.75. The summed E-state index contributed by atoms with van der Waals surface area (Å²) in [6.07, 6.45) is 1.58. The average Bonchev–Trinajstić information content (AvgIpc) is 2.22. The van der Waals surface area contributed by atoms with E-state index in [9.17, 15) is 8.42 Å². The molecular weight excluding hydrogens is 280 g/mol. The fourth-order valence-corrected chi connectivity index (χ4v) is 1.43. The van der Waals surface area contributed by atoms with Gasteiger partial charge in [0.2, 0.25) is 11.7 Å². The Kier molecular flexibility index (Phi) is 6.24. The Labute approximate surface area is 110 Å².